The van der Waals surface area contributed by atoms with Gasteiger partial charge in [0.15, 0.2) is 11.4 Å². The first-order valence-corrected chi connectivity index (χ1v) is 10.4. The van der Waals surface area contributed by atoms with Crippen molar-refractivity contribution in [3.63, 3.8) is 0 Å². The SMILES string of the molecule is Cc1cc(F)c(CNC(=O)c2cn3c(c(O)c2=O)C(=O)N2[C@H](C3)[C@H]3C[C@@H]2C(F)(F)C3)c(F)c1. The number of piperidine rings is 1. The lowest BCUT2D eigenvalue weighted by molar-refractivity contribution is -0.0870. The van der Waals surface area contributed by atoms with Crippen LogP contribution in [0.3, 0.4) is 0 Å². The average Bonchev–Trinajstić information content (AvgIpc) is 3.23. The number of pyridine rings is 1. The normalized spacial score (nSPS) is 24.6. The van der Waals surface area contributed by atoms with Gasteiger partial charge in [-0.1, -0.05) is 0 Å². The first-order chi connectivity index (χ1) is 15.5. The van der Waals surface area contributed by atoms with Crippen molar-refractivity contribution < 1.29 is 32.3 Å². The third-order valence-electron chi connectivity index (χ3n) is 6.82. The zero-order valence-electron chi connectivity index (χ0n) is 17.4. The van der Waals surface area contributed by atoms with E-state index in [-0.39, 0.29) is 19.4 Å². The number of carbonyl (C=O) groups excluding carboxylic acids is 2. The van der Waals surface area contributed by atoms with Gasteiger partial charge >= 0.3 is 0 Å². The molecule has 2 N–H and O–H groups in total. The van der Waals surface area contributed by atoms with Gasteiger partial charge in [-0.25, -0.2) is 17.6 Å². The average molecular weight is 465 g/mol. The highest BCUT2D eigenvalue weighted by atomic mass is 19.3. The summed E-state index contributed by atoms with van der Waals surface area (Å²) in [5.74, 6) is -8.11. The molecule has 1 aromatic carbocycles. The summed E-state index contributed by atoms with van der Waals surface area (Å²) in [6.07, 6.45) is 0.854. The maximum Gasteiger partial charge on any atom is 0.275 e. The topological polar surface area (TPSA) is 91.6 Å². The minimum Gasteiger partial charge on any atom is -0.503 e. The molecular formula is C22H19F4N3O4. The molecule has 2 bridgehead atoms. The van der Waals surface area contributed by atoms with E-state index in [0.717, 1.165) is 23.2 Å². The molecule has 174 valence electrons. The van der Waals surface area contributed by atoms with Crippen LogP contribution in [0.25, 0.3) is 0 Å². The summed E-state index contributed by atoms with van der Waals surface area (Å²) in [4.78, 5) is 39.2. The standard InChI is InChI=1S/C22H19F4N3O4/c1-9-2-13(23)11(14(24)3-9)6-27-20(32)12-7-28-8-15-10-4-16(22(25,26)5-10)29(15)21(33)17(28)19(31)18(12)30/h2-3,7,10,15-16,31H,4-6,8H2,1H3,(H,27,32)/t10-,15+,16+/m0/s1. The van der Waals surface area contributed by atoms with Gasteiger partial charge in [0.05, 0.1) is 12.1 Å². The summed E-state index contributed by atoms with van der Waals surface area (Å²) in [5, 5.41) is 12.6. The monoisotopic (exact) mass is 465 g/mol. The number of nitrogens with one attached hydrogen (secondary N) is 1. The molecule has 11 heteroatoms. The van der Waals surface area contributed by atoms with Crippen molar-refractivity contribution in [1.82, 2.24) is 14.8 Å². The Kier molecular flexibility index (Phi) is 4.60. The van der Waals surface area contributed by atoms with E-state index in [2.05, 4.69) is 5.32 Å². The molecule has 2 fully saturated rings. The number of rotatable bonds is 3. The van der Waals surface area contributed by atoms with Crippen LogP contribution >= 0.6 is 0 Å². The molecule has 3 atom stereocenters. The van der Waals surface area contributed by atoms with Crippen LogP contribution in [0.5, 0.6) is 5.75 Å². The Morgan fingerprint density at radius 2 is 1.91 bits per heavy atom. The lowest BCUT2D eigenvalue weighted by Crippen LogP contribution is -2.57. The summed E-state index contributed by atoms with van der Waals surface area (Å²) in [6, 6.07) is 0.370. The summed E-state index contributed by atoms with van der Waals surface area (Å²) in [6.45, 7) is 0.992. The van der Waals surface area contributed by atoms with Gasteiger partial charge in [0.2, 0.25) is 5.43 Å². The number of hydrogen-bond acceptors (Lipinski definition) is 4. The van der Waals surface area contributed by atoms with Gasteiger partial charge in [-0.15, -0.1) is 0 Å². The maximum absolute atomic E-state index is 14.2. The molecule has 7 nitrogen and oxygen atoms in total. The summed E-state index contributed by atoms with van der Waals surface area (Å²) in [7, 11) is 0. The largest absolute Gasteiger partial charge is 0.503 e. The Labute approximate surface area is 184 Å². The Morgan fingerprint density at radius 1 is 1.24 bits per heavy atom. The highest BCUT2D eigenvalue weighted by molar-refractivity contribution is 5.99. The number of amides is 2. The molecule has 1 saturated carbocycles. The Bertz CT molecular complexity index is 1250. The van der Waals surface area contributed by atoms with Crippen LogP contribution in [0, 0.1) is 24.5 Å². The van der Waals surface area contributed by atoms with Crippen molar-refractivity contribution in [2.75, 3.05) is 0 Å². The lowest BCUT2D eigenvalue weighted by Gasteiger charge is -2.43. The van der Waals surface area contributed by atoms with E-state index >= 15 is 0 Å². The number of alkyl halides is 2. The van der Waals surface area contributed by atoms with Crippen molar-refractivity contribution in [3.05, 3.63) is 62.6 Å². The molecule has 2 aliphatic heterocycles. The second kappa shape index (κ2) is 7.06. The number of hydrogen-bond donors (Lipinski definition) is 2. The van der Waals surface area contributed by atoms with Gasteiger partial charge < -0.3 is 19.9 Å². The van der Waals surface area contributed by atoms with Crippen molar-refractivity contribution in [2.24, 2.45) is 5.92 Å². The molecule has 0 unspecified atom stereocenters. The molecule has 5 rings (SSSR count). The smallest absolute Gasteiger partial charge is 0.275 e. The highest BCUT2D eigenvalue weighted by Crippen LogP contribution is 2.53. The minimum atomic E-state index is -3.03. The van der Waals surface area contributed by atoms with E-state index in [0.29, 0.717) is 5.56 Å². The van der Waals surface area contributed by atoms with E-state index < -0.39 is 81.9 Å². The third kappa shape index (κ3) is 3.12. The number of carbonyl (C=O) groups is 2. The predicted molar refractivity (Wildman–Crippen MR) is 106 cm³/mol. The van der Waals surface area contributed by atoms with E-state index in [1.54, 1.807) is 0 Å². The van der Waals surface area contributed by atoms with Gasteiger partial charge in [-0.3, -0.25) is 14.4 Å². The first-order valence-electron chi connectivity index (χ1n) is 10.4. The Balaban J connectivity index is 1.45. The van der Waals surface area contributed by atoms with E-state index in [1.807, 2.05) is 0 Å². The Hall–Kier alpha value is -3.37. The summed E-state index contributed by atoms with van der Waals surface area (Å²) >= 11 is 0. The molecular weight excluding hydrogens is 446 g/mol. The predicted octanol–water partition coefficient (Wildman–Crippen LogP) is 2.32. The number of halogens is 4. The second-order valence-electron chi connectivity index (χ2n) is 8.87. The van der Waals surface area contributed by atoms with Crippen LogP contribution in [0.2, 0.25) is 0 Å². The summed E-state index contributed by atoms with van der Waals surface area (Å²) in [5.41, 5.74) is -2.20. The van der Waals surface area contributed by atoms with Gasteiger partial charge in [0.25, 0.3) is 17.7 Å². The van der Waals surface area contributed by atoms with Crippen LogP contribution < -0.4 is 10.7 Å². The van der Waals surface area contributed by atoms with Crippen LogP contribution in [0.4, 0.5) is 17.6 Å². The fourth-order valence-electron chi connectivity index (χ4n) is 5.29. The zero-order chi connectivity index (χ0) is 23.8. The van der Waals surface area contributed by atoms with Crippen molar-refractivity contribution in [3.8, 4) is 5.75 Å². The van der Waals surface area contributed by atoms with Crippen LogP contribution in [-0.2, 0) is 13.1 Å². The number of benzene rings is 1. The molecule has 0 radical (unpaired) electrons. The fourth-order valence-corrected chi connectivity index (χ4v) is 5.29. The van der Waals surface area contributed by atoms with Gasteiger partial charge in [0, 0.05) is 31.3 Å². The number of aromatic nitrogens is 1. The number of fused-ring (bicyclic) bond motifs is 6. The molecule has 3 aliphatic rings. The van der Waals surface area contributed by atoms with Crippen LogP contribution in [-0.4, -0.2) is 44.4 Å². The van der Waals surface area contributed by atoms with E-state index in [4.69, 9.17) is 0 Å². The van der Waals surface area contributed by atoms with Crippen molar-refractivity contribution in [2.45, 2.75) is 50.9 Å². The van der Waals surface area contributed by atoms with Crippen LogP contribution in [0.15, 0.2) is 23.1 Å². The van der Waals surface area contributed by atoms with Gasteiger partial charge in [-0.05, 0) is 37.0 Å². The van der Waals surface area contributed by atoms with Crippen molar-refractivity contribution >= 4 is 11.8 Å². The van der Waals surface area contributed by atoms with Crippen molar-refractivity contribution in [1.29, 1.82) is 0 Å². The Morgan fingerprint density at radius 3 is 2.58 bits per heavy atom. The molecule has 2 aromatic rings. The van der Waals surface area contributed by atoms with E-state index in [9.17, 15) is 37.1 Å². The number of nitrogens with zero attached hydrogens (tertiary/aromatic N) is 2. The molecule has 3 heterocycles. The second-order valence-corrected chi connectivity index (χ2v) is 8.87. The first kappa shape index (κ1) is 21.5. The molecule has 1 aromatic heterocycles. The molecule has 33 heavy (non-hydrogen) atoms. The summed E-state index contributed by atoms with van der Waals surface area (Å²) < 4.78 is 57.7. The number of aryl methyl sites for hydroxylation is 1. The van der Waals surface area contributed by atoms with Crippen LogP contribution in [0.1, 0.15) is 44.8 Å². The third-order valence-corrected chi connectivity index (χ3v) is 6.82. The highest BCUT2D eigenvalue weighted by Gasteiger charge is 2.63. The lowest BCUT2D eigenvalue weighted by atomic mass is 9.94. The number of aromatic hydroxyl groups is 1. The fraction of sp³-hybridized carbons (Fsp3) is 0.409. The minimum absolute atomic E-state index is 0.0354. The quantitative estimate of drug-likeness (QED) is 0.681. The van der Waals surface area contributed by atoms with Gasteiger partial charge in [0.1, 0.15) is 17.2 Å². The molecule has 1 aliphatic carbocycles. The maximum atomic E-state index is 14.2. The molecule has 1 saturated heterocycles. The molecule has 0 spiro atoms. The zero-order valence-corrected chi connectivity index (χ0v) is 17.4. The molecule has 2 amide bonds. The van der Waals surface area contributed by atoms with E-state index in [1.165, 1.54) is 11.5 Å². The van der Waals surface area contributed by atoms with Gasteiger partial charge in [-0.2, -0.15) is 0 Å².